The van der Waals surface area contributed by atoms with Crippen LogP contribution in [0.3, 0.4) is 0 Å². The molecule has 0 aliphatic carbocycles. The van der Waals surface area contributed by atoms with Crippen LogP contribution >= 0.6 is 24.0 Å². The summed E-state index contributed by atoms with van der Waals surface area (Å²) >= 11 is 0. The van der Waals surface area contributed by atoms with E-state index in [0.717, 1.165) is 30.4 Å². The van der Waals surface area contributed by atoms with Crippen molar-refractivity contribution in [1.29, 1.82) is 0 Å². The van der Waals surface area contributed by atoms with E-state index in [1.165, 1.54) is 5.69 Å². The summed E-state index contributed by atoms with van der Waals surface area (Å²) < 4.78 is 2.06. The van der Waals surface area contributed by atoms with Crippen LogP contribution in [0.5, 0.6) is 0 Å². The Balaban J connectivity index is 0.00000338. The van der Waals surface area contributed by atoms with E-state index in [1.54, 1.807) is 6.20 Å². The van der Waals surface area contributed by atoms with Gasteiger partial charge in [0.15, 0.2) is 5.96 Å². The molecule has 0 aliphatic heterocycles. The van der Waals surface area contributed by atoms with Gasteiger partial charge in [0.2, 0.25) is 0 Å². The van der Waals surface area contributed by atoms with Crippen molar-refractivity contribution in [2.24, 2.45) is 10.9 Å². The molecule has 0 radical (unpaired) electrons. The lowest BCUT2D eigenvalue weighted by Gasteiger charge is -2.16. The van der Waals surface area contributed by atoms with Gasteiger partial charge in [0.1, 0.15) is 0 Å². The van der Waals surface area contributed by atoms with Crippen LogP contribution in [0.25, 0.3) is 0 Å². The quantitative estimate of drug-likeness (QED) is 0.271. The van der Waals surface area contributed by atoms with Crippen LogP contribution in [0.1, 0.15) is 24.0 Å². The Kier molecular flexibility index (Phi) is 9.93. The summed E-state index contributed by atoms with van der Waals surface area (Å²) in [7, 11) is 0. The van der Waals surface area contributed by atoms with Crippen LogP contribution in [0.4, 0.5) is 0 Å². The smallest absolute Gasteiger partial charge is 0.191 e. The predicted molar refractivity (Wildman–Crippen MR) is 118 cm³/mol. The Bertz CT molecular complexity index is 695. The Morgan fingerprint density at radius 3 is 2.77 bits per heavy atom. The minimum Gasteiger partial charge on any atom is -0.356 e. The topological polar surface area (TPSA) is 67.1 Å². The predicted octanol–water partition coefficient (Wildman–Crippen LogP) is 3.07. The third-order valence-electron chi connectivity index (χ3n) is 3.75. The number of halogens is 1. The second kappa shape index (κ2) is 11.7. The maximum Gasteiger partial charge on any atom is 0.191 e. The maximum absolute atomic E-state index is 4.59. The van der Waals surface area contributed by atoms with Gasteiger partial charge in [-0.05, 0) is 38.0 Å². The van der Waals surface area contributed by atoms with Gasteiger partial charge in [0.05, 0.1) is 17.9 Å². The van der Waals surface area contributed by atoms with Crippen LogP contribution in [-0.2, 0) is 13.1 Å². The van der Waals surface area contributed by atoms with Crippen LogP contribution < -0.4 is 10.6 Å². The van der Waals surface area contributed by atoms with Crippen LogP contribution in [0.2, 0.25) is 0 Å². The molecule has 7 heteroatoms. The molecule has 0 spiro atoms. The third kappa shape index (κ3) is 7.55. The van der Waals surface area contributed by atoms with Crippen LogP contribution in [0.15, 0.2) is 48.1 Å². The van der Waals surface area contributed by atoms with E-state index >= 15 is 0 Å². The lowest BCUT2D eigenvalue weighted by atomic mass is 10.2. The van der Waals surface area contributed by atoms with E-state index < -0.39 is 0 Å². The number of hydrogen-bond donors (Lipinski definition) is 2. The van der Waals surface area contributed by atoms with Crippen LogP contribution in [-0.4, -0.2) is 33.8 Å². The van der Waals surface area contributed by atoms with Crippen molar-refractivity contribution in [3.8, 4) is 0 Å². The zero-order valence-electron chi connectivity index (χ0n) is 15.8. The molecular formula is C19H29IN6. The first kappa shape index (κ1) is 22.1. The van der Waals surface area contributed by atoms with Gasteiger partial charge in [-0.3, -0.25) is 9.67 Å². The lowest BCUT2D eigenvalue weighted by Crippen LogP contribution is -2.40. The molecule has 1 atom stereocenters. The summed E-state index contributed by atoms with van der Waals surface area (Å²) in [5, 5.41) is 11.2. The van der Waals surface area contributed by atoms with Crippen molar-refractivity contribution in [3.05, 3.63) is 60.2 Å². The molecule has 0 fully saturated rings. The highest BCUT2D eigenvalue weighted by atomic mass is 127. The second-order valence-electron chi connectivity index (χ2n) is 6.25. The van der Waals surface area contributed by atoms with Gasteiger partial charge >= 0.3 is 0 Å². The second-order valence-corrected chi connectivity index (χ2v) is 6.25. The fourth-order valence-electron chi connectivity index (χ4n) is 2.49. The van der Waals surface area contributed by atoms with Crippen molar-refractivity contribution >= 4 is 29.9 Å². The number of rotatable bonds is 8. The van der Waals surface area contributed by atoms with E-state index in [4.69, 9.17) is 0 Å². The van der Waals surface area contributed by atoms with E-state index in [-0.39, 0.29) is 24.0 Å². The maximum atomic E-state index is 4.59. The number of hydrogen-bond acceptors (Lipinski definition) is 3. The summed E-state index contributed by atoms with van der Waals surface area (Å²) in [5.41, 5.74) is 3.19. The Labute approximate surface area is 173 Å². The summed E-state index contributed by atoms with van der Waals surface area (Å²) in [4.78, 5) is 8.89. The highest BCUT2D eigenvalue weighted by Crippen LogP contribution is 2.06. The molecule has 0 aromatic carbocycles. The number of aromatic nitrogens is 3. The van der Waals surface area contributed by atoms with Gasteiger partial charge in [0.25, 0.3) is 0 Å². The standard InChI is InChI=1S/C19H28N6.HI/c1-5-9-21-19(23-13-18-8-6-7-10-20-18)22-12-15(2)14-25-17(4)11-16(3)24-25;/h5-8,10-11,15H,1,9,12-14H2,2-4H3,(H2,21,22,23);1H. The first-order valence-electron chi connectivity index (χ1n) is 8.62. The molecule has 1 unspecified atom stereocenters. The molecule has 0 amide bonds. The van der Waals surface area contributed by atoms with Gasteiger partial charge in [0, 0.05) is 31.5 Å². The molecule has 142 valence electrons. The summed E-state index contributed by atoms with van der Waals surface area (Å²) in [6.45, 7) is 13.0. The molecule has 2 aromatic rings. The molecule has 2 rings (SSSR count). The Morgan fingerprint density at radius 1 is 1.35 bits per heavy atom. The van der Waals surface area contributed by atoms with E-state index in [1.807, 2.05) is 31.2 Å². The number of aliphatic imine (C=N–C) groups is 1. The van der Waals surface area contributed by atoms with Gasteiger partial charge in [-0.2, -0.15) is 5.10 Å². The van der Waals surface area contributed by atoms with E-state index in [9.17, 15) is 0 Å². The molecule has 6 nitrogen and oxygen atoms in total. The number of guanidine groups is 1. The van der Waals surface area contributed by atoms with Gasteiger partial charge < -0.3 is 10.6 Å². The number of pyridine rings is 1. The van der Waals surface area contributed by atoms with Gasteiger partial charge in [-0.1, -0.05) is 19.1 Å². The third-order valence-corrected chi connectivity index (χ3v) is 3.75. The van der Waals surface area contributed by atoms with Crippen molar-refractivity contribution in [2.75, 3.05) is 13.1 Å². The molecule has 0 bridgehead atoms. The van der Waals surface area contributed by atoms with E-state index in [0.29, 0.717) is 19.0 Å². The number of nitrogens with one attached hydrogen (secondary N) is 2. The molecule has 0 saturated heterocycles. The molecule has 2 heterocycles. The summed E-state index contributed by atoms with van der Waals surface area (Å²) in [6, 6.07) is 7.95. The SMILES string of the molecule is C=CCNC(=NCc1ccccn1)NCC(C)Cn1nc(C)cc1C.I. The minimum absolute atomic E-state index is 0. The highest BCUT2D eigenvalue weighted by Gasteiger charge is 2.08. The van der Waals surface area contributed by atoms with Gasteiger partial charge in [-0.15, -0.1) is 30.6 Å². The lowest BCUT2D eigenvalue weighted by molar-refractivity contribution is 0.436. The van der Waals surface area contributed by atoms with Crippen molar-refractivity contribution in [3.63, 3.8) is 0 Å². The Morgan fingerprint density at radius 2 is 2.15 bits per heavy atom. The summed E-state index contributed by atoms with van der Waals surface area (Å²) in [5.74, 6) is 1.19. The normalized spacial score (nSPS) is 12.2. The number of nitrogens with zero attached hydrogens (tertiary/aromatic N) is 4. The highest BCUT2D eigenvalue weighted by molar-refractivity contribution is 14.0. The molecular weight excluding hydrogens is 439 g/mol. The average molecular weight is 468 g/mol. The minimum atomic E-state index is 0. The monoisotopic (exact) mass is 468 g/mol. The molecule has 0 aliphatic rings. The van der Waals surface area contributed by atoms with Crippen molar-refractivity contribution in [1.82, 2.24) is 25.4 Å². The molecule has 26 heavy (non-hydrogen) atoms. The molecule has 0 saturated carbocycles. The zero-order valence-corrected chi connectivity index (χ0v) is 18.1. The first-order valence-corrected chi connectivity index (χ1v) is 8.62. The molecule has 2 aromatic heterocycles. The van der Waals surface area contributed by atoms with Crippen molar-refractivity contribution in [2.45, 2.75) is 33.9 Å². The Hall–Kier alpha value is -1.90. The average Bonchev–Trinajstić information content (AvgIpc) is 2.92. The number of aryl methyl sites for hydroxylation is 2. The fraction of sp³-hybridized carbons (Fsp3) is 0.421. The van der Waals surface area contributed by atoms with Gasteiger partial charge in [-0.25, -0.2) is 4.99 Å². The van der Waals surface area contributed by atoms with E-state index in [2.05, 4.69) is 56.9 Å². The first-order chi connectivity index (χ1) is 12.1. The fourth-order valence-corrected chi connectivity index (χ4v) is 2.49. The summed E-state index contributed by atoms with van der Waals surface area (Å²) in [6.07, 6.45) is 3.60. The zero-order chi connectivity index (χ0) is 18.1. The van der Waals surface area contributed by atoms with Crippen LogP contribution in [0, 0.1) is 19.8 Å². The largest absolute Gasteiger partial charge is 0.356 e. The molecule has 2 N–H and O–H groups in total. The van der Waals surface area contributed by atoms with Crippen molar-refractivity contribution < 1.29 is 0 Å².